The van der Waals surface area contributed by atoms with Gasteiger partial charge in [0.05, 0.1) is 18.3 Å². The van der Waals surface area contributed by atoms with Crippen molar-refractivity contribution in [3.63, 3.8) is 0 Å². The van der Waals surface area contributed by atoms with Gasteiger partial charge in [0.2, 0.25) is 12.6 Å². The van der Waals surface area contributed by atoms with Gasteiger partial charge in [-0.3, -0.25) is 24.0 Å². The zero-order chi connectivity index (χ0) is 28.1. The van der Waals surface area contributed by atoms with Crippen LogP contribution in [0.5, 0.6) is 0 Å². The van der Waals surface area contributed by atoms with Crippen LogP contribution < -0.4 is 0 Å². The van der Waals surface area contributed by atoms with Crippen LogP contribution in [0.2, 0.25) is 0 Å². The first-order chi connectivity index (χ1) is 17.9. The Morgan fingerprint density at radius 2 is 1.53 bits per heavy atom. The van der Waals surface area contributed by atoms with E-state index < -0.39 is 85.3 Å². The molecule has 0 saturated carbocycles. The van der Waals surface area contributed by atoms with E-state index in [1.165, 1.54) is 0 Å². The third-order valence-corrected chi connectivity index (χ3v) is 5.72. The van der Waals surface area contributed by atoms with Gasteiger partial charge in [0.1, 0.15) is 12.7 Å². The molecule has 3 rings (SSSR count). The Bertz CT molecular complexity index is 1060. The van der Waals surface area contributed by atoms with Gasteiger partial charge in [0.25, 0.3) is 0 Å². The summed E-state index contributed by atoms with van der Waals surface area (Å²) in [5.41, 5.74) is 0.486. The van der Waals surface area contributed by atoms with Crippen molar-refractivity contribution in [1.29, 1.82) is 0 Å². The van der Waals surface area contributed by atoms with Gasteiger partial charge in [0, 0.05) is 39.2 Å². The maximum Gasteiger partial charge on any atom is 0.345 e. The zero-order valence-corrected chi connectivity index (χ0v) is 21.3. The molecule has 38 heavy (non-hydrogen) atoms. The quantitative estimate of drug-likeness (QED) is 0.187. The monoisotopic (exact) mass is 540 g/mol. The lowest BCUT2D eigenvalue weighted by atomic mass is 9.85. The summed E-state index contributed by atoms with van der Waals surface area (Å²) < 4.78 is 43.2. The summed E-state index contributed by atoms with van der Waals surface area (Å²) in [6.07, 6.45) is -5.72. The second kappa shape index (κ2) is 12.2. The maximum absolute atomic E-state index is 12.1. The Morgan fingerprint density at radius 3 is 2.11 bits per heavy atom. The topological polar surface area (TPSA) is 176 Å². The summed E-state index contributed by atoms with van der Waals surface area (Å²) in [7, 11) is 0. The Kier molecular flexibility index (Phi) is 9.22. The molecule has 0 aromatic carbocycles. The van der Waals surface area contributed by atoms with E-state index in [-0.39, 0.29) is 12.0 Å². The number of rotatable bonds is 7. The zero-order valence-electron chi connectivity index (χ0n) is 21.3. The van der Waals surface area contributed by atoms with Crippen molar-refractivity contribution in [3.05, 3.63) is 23.5 Å². The van der Waals surface area contributed by atoms with Gasteiger partial charge in [0.15, 0.2) is 18.3 Å². The minimum Gasteiger partial charge on any atom is -0.468 e. The number of carbonyl (C=O) groups excluding carboxylic acids is 6. The predicted octanol–water partition coefficient (Wildman–Crippen LogP) is 0.362. The van der Waals surface area contributed by atoms with Gasteiger partial charge >= 0.3 is 35.8 Å². The maximum atomic E-state index is 12.1. The van der Waals surface area contributed by atoms with E-state index >= 15 is 0 Å². The Balaban J connectivity index is 1.98. The Labute approximate surface area is 217 Å². The average molecular weight is 540 g/mol. The van der Waals surface area contributed by atoms with Crippen molar-refractivity contribution in [1.82, 2.24) is 0 Å². The molecule has 3 aliphatic heterocycles. The van der Waals surface area contributed by atoms with Gasteiger partial charge in [-0.2, -0.15) is 0 Å². The molecule has 0 amide bonds. The van der Waals surface area contributed by atoms with E-state index in [1.54, 1.807) is 13.0 Å². The summed E-state index contributed by atoms with van der Waals surface area (Å²) in [5, 5.41) is 0. The van der Waals surface area contributed by atoms with E-state index in [9.17, 15) is 28.8 Å². The highest BCUT2D eigenvalue weighted by molar-refractivity contribution is 6.00. The van der Waals surface area contributed by atoms with E-state index in [0.717, 1.165) is 34.0 Å². The molecule has 7 atom stereocenters. The minimum absolute atomic E-state index is 0.110. The fraction of sp³-hybridized carbons (Fsp3) is 0.583. The molecular weight excluding hydrogens is 512 g/mol. The normalized spacial score (nSPS) is 31.7. The lowest BCUT2D eigenvalue weighted by molar-refractivity contribution is -0.331. The smallest absolute Gasteiger partial charge is 0.345 e. The lowest BCUT2D eigenvalue weighted by Crippen LogP contribution is -2.63. The van der Waals surface area contributed by atoms with Crippen LogP contribution in [0.15, 0.2) is 23.5 Å². The second-order valence-corrected chi connectivity index (χ2v) is 8.55. The minimum atomic E-state index is -1.52. The predicted molar refractivity (Wildman–Crippen MR) is 119 cm³/mol. The molecule has 0 bridgehead atoms. The molecule has 0 aromatic heterocycles. The number of fused-ring (bicyclic) bond motifs is 1. The lowest BCUT2D eigenvalue weighted by Gasteiger charge is -2.45. The van der Waals surface area contributed by atoms with Crippen LogP contribution >= 0.6 is 0 Å². The van der Waals surface area contributed by atoms with E-state index in [0.29, 0.717) is 5.57 Å². The second-order valence-electron chi connectivity index (χ2n) is 8.55. The first kappa shape index (κ1) is 28.8. The van der Waals surface area contributed by atoms with Crippen LogP contribution in [-0.4, -0.2) is 79.4 Å². The Hall–Kier alpha value is -3.78. The van der Waals surface area contributed by atoms with Gasteiger partial charge in [-0.15, -0.1) is 0 Å². The van der Waals surface area contributed by atoms with Crippen molar-refractivity contribution in [2.75, 3.05) is 6.61 Å². The number of hydrogen-bond donors (Lipinski definition) is 0. The number of ether oxygens (including phenoxy) is 8. The summed E-state index contributed by atoms with van der Waals surface area (Å²) in [6, 6.07) is 0. The van der Waals surface area contributed by atoms with Crippen LogP contribution in [0.25, 0.3) is 0 Å². The molecule has 2 saturated heterocycles. The highest BCUT2D eigenvalue weighted by Gasteiger charge is 2.54. The molecule has 3 aliphatic rings. The van der Waals surface area contributed by atoms with Gasteiger partial charge in [-0.1, -0.05) is 6.08 Å². The molecule has 0 aromatic rings. The Morgan fingerprint density at radius 1 is 0.921 bits per heavy atom. The van der Waals surface area contributed by atoms with Gasteiger partial charge in [-0.25, -0.2) is 4.79 Å². The van der Waals surface area contributed by atoms with Crippen LogP contribution in [0.3, 0.4) is 0 Å². The molecule has 0 unspecified atom stereocenters. The van der Waals surface area contributed by atoms with E-state index in [2.05, 4.69) is 4.74 Å². The number of hydrogen-bond acceptors (Lipinski definition) is 14. The van der Waals surface area contributed by atoms with Gasteiger partial charge in [-0.05, 0) is 6.92 Å². The van der Waals surface area contributed by atoms with E-state index in [4.69, 9.17) is 33.2 Å². The van der Waals surface area contributed by atoms with Crippen LogP contribution in [0, 0.1) is 5.92 Å². The highest BCUT2D eigenvalue weighted by atomic mass is 16.8. The molecule has 2 fully saturated rings. The average Bonchev–Trinajstić information content (AvgIpc) is 2.80. The molecular formula is C24H28O14. The molecule has 14 nitrogen and oxygen atoms in total. The number of carbonyl (C=O) groups is 6. The molecule has 3 heterocycles. The molecule has 0 N–H and O–H groups in total. The summed E-state index contributed by atoms with van der Waals surface area (Å²) in [4.78, 5) is 71.4. The summed E-state index contributed by atoms with van der Waals surface area (Å²) in [6.45, 7) is 5.64. The van der Waals surface area contributed by atoms with Crippen molar-refractivity contribution >= 4 is 35.8 Å². The molecule has 0 aliphatic carbocycles. The first-order valence-electron chi connectivity index (χ1n) is 11.6. The molecule has 14 heteroatoms. The molecule has 0 spiro atoms. The van der Waals surface area contributed by atoms with Crippen molar-refractivity contribution in [2.24, 2.45) is 5.92 Å². The fourth-order valence-corrected chi connectivity index (χ4v) is 4.30. The standard InChI is InChI=1S/C24H28O14/c1-6-14-15-7-18(29)37-22(30)16(15)8-32-23(14)38-24-21(35-13(5)28)20(34-12(4)27)19(33-11(3)26)17(36-24)9-31-10(2)25/h6,8,15,17,19-21,23-24H,7,9H2,1-5H3/b14-6+/t15-,17+,19+,20-,21+,23-,24-/m0/s1. The molecule has 208 valence electrons. The van der Waals surface area contributed by atoms with Gasteiger partial charge < -0.3 is 37.9 Å². The summed E-state index contributed by atoms with van der Waals surface area (Å²) in [5.74, 6) is -5.34. The van der Waals surface area contributed by atoms with Crippen LogP contribution in [0.1, 0.15) is 41.0 Å². The third kappa shape index (κ3) is 6.75. The van der Waals surface area contributed by atoms with Crippen molar-refractivity contribution < 1.29 is 66.7 Å². The first-order valence-corrected chi connectivity index (χ1v) is 11.6. The molecule has 0 radical (unpaired) electrons. The largest absolute Gasteiger partial charge is 0.468 e. The van der Waals surface area contributed by atoms with Crippen LogP contribution in [0.4, 0.5) is 0 Å². The number of esters is 6. The summed E-state index contributed by atoms with van der Waals surface area (Å²) >= 11 is 0. The number of allylic oxidation sites excluding steroid dienone is 1. The third-order valence-electron chi connectivity index (χ3n) is 5.72. The van der Waals surface area contributed by atoms with Crippen molar-refractivity contribution in [2.45, 2.75) is 78.0 Å². The SMILES string of the molecule is C/C=C1/[C@H](O[C@@H]2O[C@H](COC(C)=O)[C@@H](OC(C)=O)[C@H](OC(C)=O)[C@H]2OC(C)=O)OC=C2C(=O)OC(=O)C[C@H]21. The van der Waals surface area contributed by atoms with Crippen LogP contribution in [-0.2, 0) is 66.7 Å². The van der Waals surface area contributed by atoms with Crippen molar-refractivity contribution in [3.8, 4) is 0 Å². The number of cyclic esters (lactones) is 2. The highest BCUT2D eigenvalue weighted by Crippen LogP contribution is 2.39. The fourth-order valence-electron chi connectivity index (χ4n) is 4.30. The van der Waals surface area contributed by atoms with E-state index in [1.807, 2.05) is 0 Å².